The van der Waals surface area contributed by atoms with Crippen LogP contribution in [0.5, 0.6) is 0 Å². The molecule has 0 saturated heterocycles. The number of thiazole rings is 1. The van der Waals surface area contributed by atoms with Crippen molar-refractivity contribution in [2.45, 2.75) is 52.9 Å². The zero-order valence-electron chi connectivity index (χ0n) is 12.3. The molecule has 116 valence electrons. The van der Waals surface area contributed by atoms with Crippen LogP contribution in [-0.2, 0) is 13.0 Å². The second kappa shape index (κ2) is 7.26. The van der Waals surface area contributed by atoms with Gasteiger partial charge in [0.15, 0.2) is 5.13 Å². The van der Waals surface area contributed by atoms with Crippen molar-refractivity contribution in [2.75, 3.05) is 18.0 Å². The maximum Gasteiger partial charge on any atom is 0.406 e. The van der Waals surface area contributed by atoms with E-state index >= 15 is 0 Å². The van der Waals surface area contributed by atoms with Crippen molar-refractivity contribution in [3.63, 3.8) is 0 Å². The molecule has 0 saturated carbocycles. The van der Waals surface area contributed by atoms with Crippen molar-refractivity contribution in [1.29, 1.82) is 0 Å². The van der Waals surface area contributed by atoms with E-state index in [-0.39, 0.29) is 6.04 Å². The van der Waals surface area contributed by atoms with Gasteiger partial charge in [-0.3, -0.25) is 0 Å². The Kier molecular flexibility index (Phi) is 6.26. The van der Waals surface area contributed by atoms with Crippen molar-refractivity contribution >= 4 is 16.5 Å². The number of nitrogens with zero attached hydrogens (tertiary/aromatic N) is 2. The summed E-state index contributed by atoms with van der Waals surface area (Å²) >= 11 is 1.35. The van der Waals surface area contributed by atoms with E-state index in [9.17, 15) is 13.2 Å². The van der Waals surface area contributed by atoms with Crippen LogP contribution in [0.3, 0.4) is 0 Å². The minimum Gasteiger partial charge on any atom is -0.337 e. The minimum absolute atomic E-state index is 0.237. The maximum absolute atomic E-state index is 12.7. The summed E-state index contributed by atoms with van der Waals surface area (Å²) in [6, 6.07) is -0.237. The molecule has 0 aliphatic carbocycles. The normalized spacial score (nSPS) is 12.2. The zero-order valence-corrected chi connectivity index (χ0v) is 13.2. The third-order valence-electron chi connectivity index (χ3n) is 2.86. The van der Waals surface area contributed by atoms with Gasteiger partial charge in [-0.05, 0) is 26.8 Å². The van der Waals surface area contributed by atoms with Gasteiger partial charge in [0, 0.05) is 17.5 Å². The van der Waals surface area contributed by atoms with Gasteiger partial charge in [-0.1, -0.05) is 13.8 Å². The summed E-state index contributed by atoms with van der Waals surface area (Å²) in [6.45, 7) is 8.00. The number of rotatable bonds is 7. The van der Waals surface area contributed by atoms with Crippen molar-refractivity contribution in [2.24, 2.45) is 0 Å². The van der Waals surface area contributed by atoms with E-state index in [0.29, 0.717) is 11.7 Å². The SMILES string of the molecule is CCNCc1sc(N(CC(F)(F)F)C(C)C)nc1CC. The molecule has 1 aromatic rings. The fraction of sp³-hybridized carbons (Fsp3) is 0.769. The summed E-state index contributed by atoms with van der Waals surface area (Å²) in [4.78, 5) is 6.74. The lowest BCUT2D eigenvalue weighted by Crippen LogP contribution is -2.39. The first-order valence-corrected chi connectivity index (χ1v) is 7.62. The highest BCUT2D eigenvalue weighted by Crippen LogP contribution is 2.30. The van der Waals surface area contributed by atoms with Crippen LogP contribution in [0, 0.1) is 0 Å². The van der Waals surface area contributed by atoms with Crippen LogP contribution in [0.15, 0.2) is 0 Å². The van der Waals surface area contributed by atoms with Crippen LogP contribution < -0.4 is 10.2 Å². The molecule has 1 N–H and O–H groups in total. The topological polar surface area (TPSA) is 28.2 Å². The highest BCUT2D eigenvalue weighted by Gasteiger charge is 2.33. The summed E-state index contributed by atoms with van der Waals surface area (Å²) in [5.74, 6) is 0. The second-order valence-electron chi connectivity index (χ2n) is 4.84. The van der Waals surface area contributed by atoms with E-state index in [1.54, 1.807) is 13.8 Å². The number of nitrogens with one attached hydrogen (secondary N) is 1. The second-order valence-corrected chi connectivity index (χ2v) is 5.90. The molecule has 0 unspecified atom stereocenters. The molecule has 0 aromatic carbocycles. The molecule has 7 heteroatoms. The largest absolute Gasteiger partial charge is 0.406 e. The van der Waals surface area contributed by atoms with E-state index in [0.717, 1.165) is 23.5 Å². The van der Waals surface area contributed by atoms with Gasteiger partial charge in [-0.25, -0.2) is 4.98 Å². The predicted octanol–water partition coefficient (Wildman–Crippen LogP) is 3.59. The molecule has 1 aromatic heterocycles. The Bertz CT molecular complexity index is 415. The van der Waals surface area contributed by atoms with Crippen LogP contribution in [0.4, 0.5) is 18.3 Å². The lowest BCUT2D eigenvalue weighted by molar-refractivity contribution is -0.120. The van der Waals surface area contributed by atoms with Crippen LogP contribution in [0.2, 0.25) is 0 Å². The molecular weight excluding hydrogens is 287 g/mol. The monoisotopic (exact) mass is 309 g/mol. The Hall–Kier alpha value is -0.820. The Morgan fingerprint density at radius 1 is 1.30 bits per heavy atom. The molecule has 0 aliphatic heterocycles. The fourth-order valence-corrected chi connectivity index (χ4v) is 3.06. The van der Waals surface area contributed by atoms with Gasteiger partial charge in [0.1, 0.15) is 6.54 Å². The summed E-state index contributed by atoms with van der Waals surface area (Å²) in [5.41, 5.74) is 0.888. The van der Waals surface area contributed by atoms with E-state index in [1.807, 2.05) is 13.8 Å². The highest BCUT2D eigenvalue weighted by atomic mass is 32.1. The number of aromatic nitrogens is 1. The minimum atomic E-state index is -4.22. The molecule has 1 heterocycles. The van der Waals surface area contributed by atoms with Gasteiger partial charge in [-0.2, -0.15) is 13.2 Å². The number of aryl methyl sites for hydroxylation is 1. The number of hydrogen-bond acceptors (Lipinski definition) is 4. The Morgan fingerprint density at radius 3 is 2.40 bits per heavy atom. The van der Waals surface area contributed by atoms with Gasteiger partial charge < -0.3 is 10.2 Å². The predicted molar refractivity (Wildman–Crippen MR) is 77.4 cm³/mol. The molecule has 0 radical (unpaired) electrons. The average Bonchev–Trinajstić information content (AvgIpc) is 2.75. The Balaban J connectivity index is 2.99. The highest BCUT2D eigenvalue weighted by molar-refractivity contribution is 7.15. The summed E-state index contributed by atoms with van der Waals surface area (Å²) in [7, 11) is 0. The summed E-state index contributed by atoms with van der Waals surface area (Å²) < 4.78 is 38.0. The Labute approximate surface area is 122 Å². The summed E-state index contributed by atoms with van der Waals surface area (Å²) in [5, 5.41) is 3.66. The molecule has 0 amide bonds. The number of hydrogen-bond donors (Lipinski definition) is 1. The van der Waals surface area contributed by atoms with Gasteiger partial charge in [0.2, 0.25) is 0 Å². The lowest BCUT2D eigenvalue weighted by Gasteiger charge is -2.27. The zero-order chi connectivity index (χ0) is 15.3. The van der Waals surface area contributed by atoms with Crippen molar-refractivity contribution in [3.05, 3.63) is 10.6 Å². The maximum atomic E-state index is 12.7. The first-order chi connectivity index (χ1) is 9.28. The Morgan fingerprint density at radius 2 is 1.95 bits per heavy atom. The molecule has 0 aliphatic rings. The molecule has 0 spiro atoms. The van der Waals surface area contributed by atoms with E-state index in [1.165, 1.54) is 16.2 Å². The van der Waals surface area contributed by atoms with Crippen LogP contribution >= 0.6 is 11.3 Å². The van der Waals surface area contributed by atoms with Gasteiger partial charge in [-0.15, -0.1) is 11.3 Å². The molecule has 20 heavy (non-hydrogen) atoms. The number of anilines is 1. The lowest BCUT2D eigenvalue weighted by atomic mass is 10.3. The van der Waals surface area contributed by atoms with Crippen molar-refractivity contribution in [3.8, 4) is 0 Å². The molecule has 3 nitrogen and oxygen atoms in total. The van der Waals surface area contributed by atoms with Crippen molar-refractivity contribution in [1.82, 2.24) is 10.3 Å². The smallest absolute Gasteiger partial charge is 0.337 e. The van der Waals surface area contributed by atoms with Crippen LogP contribution in [-0.4, -0.2) is 30.3 Å². The number of halogens is 3. The first-order valence-electron chi connectivity index (χ1n) is 6.81. The third kappa shape index (κ3) is 4.94. The molecule has 0 fully saturated rings. The number of alkyl halides is 3. The molecule has 0 bridgehead atoms. The van der Waals surface area contributed by atoms with E-state index in [4.69, 9.17) is 0 Å². The van der Waals surface area contributed by atoms with Gasteiger partial charge >= 0.3 is 6.18 Å². The molecule has 0 atom stereocenters. The molecular formula is C13H22F3N3S. The van der Waals surface area contributed by atoms with E-state index in [2.05, 4.69) is 10.3 Å². The van der Waals surface area contributed by atoms with Gasteiger partial charge in [0.05, 0.1) is 5.69 Å². The summed E-state index contributed by atoms with van der Waals surface area (Å²) in [6.07, 6.45) is -3.49. The first kappa shape index (κ1) is 17.2. The average molecular weight is 309 g/mol. The van der Waals surface area contributed by atoms with Crippen molar-refractivity contribution < 1.29 is 13.2 Å². The van der Waals surface area contributed by atoms with Crippen LogP contribution in [0.1, 0.15) is 38.3 Å². The van der Waals surface area contributed by atoms with Crippen LogP contribution in [0.25, 0.3) is 0 Å². The van der Waals surface area contributed by atoms with E-state index < -0.39 is 12.7 Å². The molecule has 1 rings (SSSR count). The fourth-order valence-electron chi connectivity index (χ4n) is 1.81. The third-order valence-corrected chi connectivity index (χ3v) is 3.99. The quantitative estimate of drug-likeness (QED) is 0.834. The standard InChI is InChI=1S/C13H22F3N3S/c1-5-10-11(7-17-6-2)20-12(18-10)19(9(3)4)8-13(14,15)16/h9,17H,5-8H2,1-4H3. The van der Waals surface area contributed by atoms with Gasteiger partial charge in [0.25, 0.3) is 0 Å².